The van der Waals surface area contributed by atoms with Crippen LogP contribution in [0.1, 0.15) is 24.2 Å². The van der Waals surface area contributed by atoms with Gasteiger partial charge in [-0.15, -0.1) is 0 Å². The number of benzene rings is 1. The zero-order valence-electron chi connectivity index (χ0n) is 8.57. The topological polar surface area (TPSA) is 29.5 Å². The van der Waals surface area contributed by atoms with Crippen molar-refractivity contribution in [3.63, 3.8) is 0 Å². The Morgan fingerprint density at radius 2 is 1.93 bits per heavy atom. The standard InChI is InChI=1S/C11H13NO2/c1-11(2)12(3)10(13)8-6-4-5-7-9(8)14-11/h4-7H,1-3H3. The lowest BCUT2D eigenvalue weighted by molar-refractivity contribution is -0.0365. The molecule has 1 aromatic carbocycles. The third-order valence-electron chi connectivity index (χ3n) is 2.59. The van der Waals surface area contributed by atoms with E-state index < -0.39 is 5.72 Å². The first kappa shape index (κ1) is 9.06. The lowest BCUT2D eigenvalue weighted by atomic mass is 10.1. The summed E-state index contributed by atoms with van der Waals surface area (Å²) in [7, 11) is 1.75. The van der Waals surface area contributed by atoms with Crippen LogP contribution in [0.3, 0.4) is 0 Å². The predicted molar refractivity (Wildman–Crippen MR) is 53.2 cm³/mol. The molecule has 0 N–H and O–H groups in total. The molecule has 0 saturated heterocycles. The number of carbonyl (C=O) groups is 1. The summed E-state index contributed by atoms with van der Waals surface area (Å²) < 4.78 is 5.71. The third kappa shape index (κ3) is 1.16. The maximum atomic E-state index is 11.9. The summed E-state index contributed by atoms with van der Waals surface area (Å²) >= 11 is 0. The van der Waals surface area contributed by atoms with Crippen molar-refractivity contribution in [3.8, 4) is 5.75 Å². The van der Waals surface area contributed by atoms with E-state index in [9.17, 15) is 4.79 Å². The zero-order chi connectivity index (χ0) is 10.3. The summed E-state index contributed by atoms with van der Waals surface area (Å²) in [5, 5.41) is 0. The Labute approximate surface area is 83.3 Å². The summed E-state index contributed by atoms with van der Waals surface area (Å²) in [5.74, 6) is 0.678. The van der Waals surface area contributed by atoms with Crippen molar-refractivity contribution < 1.29 is 9.53 Å². The number of carbonyl (C=O) groups excluding carboxylic acids is 1. The molecule has 1 aliphatic rings. The third-order valence-corrected chi connectivity index (χ3v) is 2.59. The van der Waals surface area contributed by atoms with E-state index in [1.54, 1.807) is 18.0 Å². The van der Waals surface area contributed by atoms with Gasteiger partial charge in [-0.2, -0.15) is 0 Å². The normalized spacial score (nSPS) is 18.8. The fourth-order valence-corrected chi connectivity index (χ4v) is 1.50. The van der Waals surface area contributed by atoms with E-state index in [0.717, 1.165) is 0 Å². The Morgan fingerprint density at radius 3 is 2.64 bits per heavy atom. The fraction of sp³-hybridized carbons (Fsp3) is 0.364. The Kier molecular flexibility index (Phi) is 1.77. The maximum absolute atomic E-state index is 11.9. The van der Waals surface area contributed by atoms with Crippen LogP contribution in [0.2, 0.25) is 0 Å². The minimum Gasteiger partial charge on any atom is -0.468 e. The lowest BCUT2D eigenvalue weighted by Gasteiger charge is -2.40. The quantitative estimate of drug-likeness (QED) is 0.626. The van der Waals surface area contributed by atoms with E-state index in [1.807, 2.05) is 32.0 Å². The number of hydrogen-bond donors (Lipinski definition) is 0. The number of amides is 1. The van der Waals surface area contributed by atoms with Crippen molar-refractivity contribution in [2.75, 3.05) is 7.05 Å². The molecule has 3 nitrogen and oxygen atoms in total. The molecule has 3 heteroatoms. The summed E-state index contributed by atoms with van der Waals surface area (Å²) in [5.41, 5.74) is 0.0696. The molecule has 0 aromatic heterocycles. The Hall–Kier alpha value is -1.51. The monoisotopic (exact) mass is 191 g/mol. The van der Waals surface area contributed by atoms with Crippen LogP contribution in [0.25, 0.3) is 0 Å². The molecule has 1 aliphatic heterocycles. The van der Waals surface area contributed by atoms with E-state index in [4.69, 9.17) is 4.74 Å². The van der Waals surface area contributed by atoms with Crippen LogP contribution in [-0.4, -0.2) is 23.6 Å². The van der Waals surface area contributed by atoms with Gasteiger partial charge in [0.2, 0.25) is 0 Å². The predicted octanol–water partition coefficient (Wildman–Crippen LogP) is 1.89. The van der Waals surface area contributed by atoms with Gasteiger partial charge in [0.25, 0.3) is 5.91 Å². The molecule has 0 bridgehead atoms. The molecule has 0 unspecified atom stereocenters. The van der Waals surface area contributed by atoms with Gasteiger partial charge < -0.3 is 9.64 Å². The molecule has 1 aromatic rings. The highest BCUT2D eigenvalue weighted by Gasteiger charge is 2.36. The van der Waals surface area contributed by atoms with Gasteiger partial charge in [-0.25, -0.2) is 0 Å². The van der Waals surface area contributed by atoms with Crippen molar-refractivity contribution in [3.05, 3.63) is 29.8 Å². The zero-order valence-corrected chi connectivity index (χ0v) is 8.57. The van der Waals surface area contributed by atoms with Crippen LogP contribution in [0, 0.1) is 0 Å². The molecule has 0 radical (unpaired) electrons. The lowest BCUT2D eigenvalue weighted by Crippen LogP contribution is -2.52. The first-order valence-electron chi connectivity index (χ1n) is 4.58. The highest BCUT2D eigenvalue weighted by Crippen LogP contribution is 2.31. The molecule has 0 aliphatic carbocycles. The smallest absolute Gasteiger partial charge is 0.260 e. The van der Waals surface area contributed by atoms with Crippen molar-refractivity contribution in [2.45, 2.75) is 19.6 Å². The van der Waals surface area contributed by atoms with Gasteiger partial charge >= 0.3 is 0 Å². The molecule has 74 valence electrons. The summed E-state index contributed by atoms with van der Waals surface area (Å²) in [4.78, 5) is 13.5. The minimum atomic E-state index is -0.564. The minimum absolute atomic E-state index is 0.0110. The van der Waals surface area contributed by atoms with Gasteiger partial charge in [-0.1, -0.05) is 12.1 Å². The molecule has 0 saturated carbocycles. The van der Waals surface area contributed by atoms with E-state index >= 15 is 0 Å². The van der Waals surface area contributed by atoms with Crippen LogP contribution < -0.4 is 4.74 Å². The van der Waals surface area contributed by atoms with E-state index in [-0.39, 0.29) is 5.91 Å². The molecule has 1 heterocycles. The largest absolute Gasteiger partial charge is 0.468 e. The average Bonchev–Trinajstić information content (AvgIpc) is 2.14. The van der Waals surface area contributed by atoms with Gasteiger partial charge in [0, 0.05) is 7.05 Å². The number of fused-ring (bicyclic) bond motifs is 1. The van der Waals surface area contributed by atoms with E-state index in [1.165, 1.54) is 0 Å². The summed E-state index contributed by atoms with van der Waals surface area (Å²) in [6, 6.07) is 7.31. The van der Waals surface area contributed by atoms with Gasteiger partial charge in [0.15, 0.2) is 5.72 Å². The van der Waals surface area contributed by atoms with Gasteiger partial charge in [-0.3, -0.25) is 4.79 Å². The molecule has 0 fully saturated rings. The molecule has 2 rings (SSSR count). The maximum Gasteiger partial charge on any atom is 0.260 e. The van der Waals surface area contributed by atoms with E-state index in [0.29, 0.717) is 11.3 Å². The SMILES string of the molecule is CN1C(=O)c2ccccc2OC1(C)C. The number of rotatable bonds is 0. The van der Waals surface area contributed by atoms with Crippen molar-refractivity contribution in [1.29, 1.82) is 0 Å². The van der Waals surface area contributed by atoms with Gasteiger partial charge in [-0.05, 0) is 26.0 Å². The highest BCUT2D eigenvalue weighted by molar-refractivity contribution is 5.98. The van der Waals surface area contributed by atoms with Crippen LogP contribution in [0.5, 0.6) is 5.75 Å². The average molecular weight is 191 g/mol. The van der Waals surface area contributed by atoms with Crippen molar-refractivity contribution in [1.82, 2.24) is 4.90 Å². The molecule has 1 amide bonds. The summed E-state index contributed by atoms with van der Waals surface area (Å²) in [6.07, 6.45) is 0. The number of hydrogen-bond acceptors (Lipinski definition) is 2. The van der Waals surface area contributed by atoms with Crippen molar-refractivity contribution in [2.24, 2.45) is 0 Å². The van der Waals surface area contributed by atoms with Crippen LogP contribution in [0.4, 0.5) is 0 Å². The Balaban J connectivity index is 2.54. The molecule has 0 atom stereocenters. The molecule has 0 spiro atoms. The number of nitrogens with zero attached hydrogens (tertiary/aromatic N) is 1. The highest BCUT2D eigenvalue weighted by atomic mass is 16.5. The Morgan fingerprint density at radius 1 is 1.29 bits per heavy atom. The second kappa shape index (κ2) is 2.74. The first-order valence-corrected chi connectivity index (χ1v) is 4.58. The van der Waals surface area contributed by atoms with Crippen LogP contribution in [-0.2, 0) is 0 Å². The Bertz CT molecular complexity index is 385. The number of para-hydroxylation sites is 1. The molecule has 14 heavy (non-hydrogen) atoms. The first-order chi connectivity index (χ1) is 6.52. The van der Waals surface area contributed by atoms with Gasteiger partial charge in [0.05, 0.1) is 5.56 Å². The van der Waals surface area contributed by atoms with Crippen LogP contribution in [0.15, 0.2) is 24.3 Å². The molecular weight excluding hydrogens is 178 g/mol. The second-order valence-corrected chi connectivity index (χ2v) is 3.91. The molecular formula is C11H13NO2. The second-order valence-electron chi connectivity index (χ2n) is 3.91. The van der Waals surface area contributed by atoms with Crippen molar-refractivity contribution >= 4 is 5.91 Å². The van der Waals surface area contributed by atoms with Gasteiger partial charge in [0.1, 0.15) is 5.75 Å². The number of ether oxygens (including phenoxy) is 1. The van der Waals surface area contributed by atoms with Crippen LogP contribution >= 0.6 is 0 Å². The fourth-order valence-electron chi connectivity index (χ4n) is 1.50. The summed E-state index contributed by atoms with van der Waals surface area (Å²) in [6.45, 7) is 3.75. The van der Waals surface area contributed by atoms with E-state index in [2.05, 4.69) is 0 Å².